The van der Waals surface area contributed by atoms with E-state index in [1.165, 1.54) is 0 Å². The van der Waals surface area contributed by atoms with Crippen LogP contribution in [-0.4, -0.2) is 50.2 Å². The summed E-state index contributed by atoms with van der Waals surface area (Å²) in [5.74, 6) is -2.10. The van der Waals surface area contributed by atoms with E-state index in [1.54, 1.807) is 0 Å². The van der Waals surface area contributed by atoms with Gasteiger partial charge in [0.15, 0.2) is 9.84 Å². The molecule has 0 saturated carbocycles. The van der Waals surface area contributed by atoms with Crippen molar-refractivity contribution >= 4 is 21.7 Å². The molecule has 1 unspecified atom stereocenters. The first-order valence-corrected chi connectivity index (χ1v) is 8.97. The van der Waals surface area contributed by atoms with Gasteiger partial charge in [0.2, 0.25) is 11.8 Å². The van der Waals surface area contributed by atoms with Crippen LogP contribution in [-0.2, 0) is 25.6 Å². The molecule has 6 nitrogen and oxygen atoms in total. The predicted octanol–water partition coefficient (Wildman–Crippen LogP) is 0.749. The predicted molar refractivity (Wildman–Crippen MR) is 78.6 cm³/mol. The van der Waals surface area contributed by atoms with Gasteiger partial charge >= 0.3 is 6.18 Å². The van der Waals surface area contributed by atoms with Crippen LogP contribution in [0.25, 0.3) is 0 Å². The van der Waals surface area contributed by atoms with Gasteiger partial charge in [-0.05, 0) is 17.7 Å². The van der Waals surface area contributed by atoms with Crippen LogP contribution in [0.5, 0.6) is 0 Å². The average molecular weight is 364 g/mol. The molecule has 2 rings (SSSR count). The molecule has 1 aromatic carbocycles. The van der Waals surface area contributed by atoms with Crippen LogP contribution < -0.4 is 5.32 Å². The minimum absolute atomic E-state index is 0.0752. The SMILES string of the molecule is CS(=O)(=O)CC(=O)N1CCNC(=O)C1c1ccc(C(F)(F)F)cc1. The molecule has 1 saturated heterocycles. The Kier molecular flexibility index (Phi) is 4.88. The van der Waals surface area contributed by atoms with E-state index in [0.717, 1.165) is 35.4 Å². The van der Waals surface area contributed by atoms with Crippen molar-refractivity contribution in [3.05, 3.63) is 35.4 Å². The van der Waals surface area contributed by atoms with E-state index in [1.807, 2.05) is 0 Å². The molecule has 0 aliphatic carbocycles. The molecule has 132 valence electrons. The summed E-state index contributed by atoms with van der Waals surface area (Å²) < 4.78 is 60.4. The van der Waals surface area contributed by atoms with Crippen LogP contribution in [0, 0.1) is 0 Å². The number of piperazine rings is 1. The number of benzene rings is 1. The van der Waals surface area contributed by atoms with Crippen molar-refractivity contribution in [1.29, 1.82) is 0 Å². The van der Waals surface area contributed by atoms with Crippen LogP contribution in [0.3, 0.4) is 0 Å². The van der Waals surface area contributed by atoms with E-state index in [9.17, 15) is 31.2 Å². The fourth-order valence-electron chi connectivity index (χ4n) is 2.43. The number of carbonyl (C=O) groups is 2. The van der Waals surface area contributed by atoms with Crippen molar-refractivity contribution in [3.8, 4) is 0 Å². The molecule has 1 fully saturated rings. The first-order valence-electron chi connectivity index (χ1n) is 6.91. The van der Waals surface area contributed by atoms with E-state index in [-0.39, 0.29) is 18.7 Å². The highest BCUT2D eigenvalue weighted by Crippen LogP contribution is 2.31. The molecule has 1 aliphatic heterocycles. The number of hydrogen-bond acceptors (Lipinski definition) is 4. The van der Waals surface area contributed by atoms with Gasteiger partial charge < -0.3 is 10.2 Å². The van der Waals surface area contributed by atoms with E-state index >= 15 is 0 Å². The standard InChI is InChI=1S/C14H15F3N2O4S/c1-24(22,23)8-11(20)19-7-6-18-13(21)12(19)9-2-4-10(5-3-9)14(15,16)17/h2-5,12H,6-8H2,1H3,(H,18,21). The third-order valence-corrected chi connectivity index (χ3v) is 4.24. The van der Waals surface area contributed by atoms with Gasteiger partial charge in [-0.2, -0.15) is 13.2 Å². The summed E-state index contributed by atoms with van der Waals surface area (Å²) in [5, 5.41) is 2.52. The molecule has 1 aromatic rings. The Morgan fingerprint density at radius 3 is 2.38 bits per heavy atom. The highest BCUT2D eigenvalue weighted by atomic mass is 32.2. The summed E-state index contributed by atoms with van der Waals surface area (Å²) in [6.07, 6.45) is -3.62. The summed E-state index contributed by atoms with van der Waals surface area (Å²) >= 11 is 0. The van der Waals surface area contributed by atoms with E-state index < -0.39 is 45.2 Å². The first kappa shape index (κ1) is 18.2. The lowest BCUT2D eigenvalue weighted by atomic mass is 10.0. The van der Waals surface area contributed by atoms with Crippen LogP contribution >= 0.6 is 0 Å². The number of alkyl halides is 3. The van der Waals surface area contributed by atoms with E-state index in [2.05, 4.69) is 5.32 Å². The van der Waals surface area contributed by atoms with Gasteiger partial charge in [0.1, 0.15) is 11.8 Å². The quantitative estimate of drug-likeness (QED) is 0.858. The number of hydrogen-bond donors (Lipinski definition) is 1. The summed E-state index contributed by atoms with van der Waals surface area (Å²) in [7, 11) is -3.59. The molecule has 1 atom stereocenters. The Balaban J connectivity index is 2.32. The number of carbonyl (C=O) groups excluding carboxylic acids is 2. The molecule has 0 bridgehead atoms. The Morgan fingerprint density at radius 2 is 1.88 bits per heavy atom. The minimum Gasteiger partial charge on any atom is -0.352 e. The van der Waals surface area contributed by atoms with Gasteiger partial charge in [-0.15, -0.1) is 0 Å². The highest BCUT2D eigenvalue weighted by molar-refractivity contribution is 7.91. The maximum atomic E-state index is 12.6. The zero-order valence-corrected chi connectivity index (χ0v) is 13.4. The largest absolute Gasteiger partial charge is 0.416 e. The second-order valence-electron chi connectivity index (χ2n) is 5.47. The van der Waals surface area contributed by atoms with Crippen LogP contribution in [0.1, 0.15) is 17.2 Å². The van der Waals surface area contributed by atoms with Crippen molar-refractivity contribution in [3.63, 3.8) is 0 Å². The average Bonchev–Trinajstić information content (AvgIpc) is 2.44. The third-order valence-electron chi connectivity index (χ3n) is 3.47. The lowest BCUT2D eigenvalue weighted by Gasteiger charge is -2.35. The number of nitrogens with zero attached hydrogens (tertiary/aromatic N) is 1. The van der Waals surface area contributed by atoms with Gasteiger partial charge in [-0.25, -0.2) is 8.42 Å². The summed E-state index contributed by atoms with van der Waals surface area (Å²) in [6, 6.07) is 2.70. The van der Waals surface area contributed by atoms with Crippen molar-refractivity contribution in [2.75, 3.05) is 25.1 Å². The minimum atomic E-state index is -4.51. The maximum absolute atomic E-state index is 12.6. The van der Waals surface area contributed by atoms with E-state index in [4.69, 9.17) is 0 Å². The molecule has 0 aromatic heterocycles. The lowest BCUT2D eigenvalue weighted by molar-refractivity contribution is -0.141. The maximum Gasteiger partial charge on any atom is 0.416 e. The normalized spacial score (nSPS) is 19.1. The number of sulfone groups is 1. The second kappa shape index (κ2) is 6.42. The number of amides is 2. The van der Waals surface area contributed by atoms with Gasteiger partial charge in [-0.3, -0.25) is 9.59 Å². The monoisotopic (exact) mass is 364 g/mol. The number of nitrogens with one attached hydrogen (secondary N) is 1. The van der Waals surface area contributed by atoms with Gasteiger partial charge in [0.05, 0.1) is 5.56 Å². The Morgan fingerprint density at radius 1 is 1.29 bits per heavy atom. The third kappa shape index (κ3) is 4.25. The molecule has 1 heterocycles. The van der Waals surface area contributed by atoms with Crippen molar-refractivity contribution in [2.45, 2.75) is 12.2 Å². The lowest BCUT2D eigenvalue weighted by Crippen LogP contribution is -2.53. The molecule has 2 amide bonds. The Bertz CT molecular complexity index is 744. The second-order valence-corrected chi connectivity index (χ2v) is 7.61. The molecule has 0 spiro atoms. The number of rotatable bonds is 3. The van der Waals surface area contributed by atoms with Crippen LogP contribution in [0.4, 0.5) is 13.2 Å². The summed E-state index contributed by atoms with van der Waals surface area (Å²) in [5.41, 5.74) is -0.696. The Hall–Kier alpha value is -2.10. The Labute approximate surface area is 136 Å². The highest BCUT2D eigenvalue weighted by Gasteiger charge is 2.36. The topological polar surface area (TPSA) is 83.6 Å². The molecular formula is C14H15F3N2O4S. The summed E-state index contributed by atoms with van der Waals surface area (Å²) in [4.78, 5) is 25.3. The molecule has 1 N–H and O–H groups in total. The zero-order valence-electron chi connectivity index (χ0n) is 12.6. The molecule has 24 heavy (non-hydrogen) atoms. The van der Waals surface area contributed by atoms with Crippen molar-refractivity contribution in [2.24, 2.45) is 0 Å². The van der Waals surface area contributed by atoms with Crippen molar-refractivity contribution in [1.82, 2.24) is 10.2 Å². The first-order chi connectivity index (χ1) is 11.0. The summed E-state index contributed by atoms with van der Waals surface area (Å²) in [6.45, 7) is 0.219. The zero-order chi connectivity index (χ0) is 18.1. The molecule has 10 heteroatoms. The molecular weight excluding hydrogens is 349 g/mol. The van der Waals surface area contributed by atoms with Crippen molar-refractivity contribution < 1.29 is 31.2 Å². The van der Waals surface area contributed by atoms with E-state index in [0.29, 0.717) is 0 Å². The van der Waals surface area contributed by atoms with Crippen LogP contribution in [0.15, 0.2) is 24.3 Å². The smallest absolute Gasteiger partial charge is 0.352 e. The fourth-order valence-corrected chi connectivity index (χ4v) is 3.04. The van der Waals surface area contributed by atoms with Gasteiger partial charge in [0.25, 0.3) is 0 Å². The van der Waals surface area contributed by atoms with Gasteiger partial charge in [0, 0.05) is 19.3 Å². The molecule has 0 radical (unpaired) electrons. The number of halogens is 3. The van der Waals surface area contributed by atoms with Gasteiger partial charge in [-0.1, -0.05) is 12.1 Å². The fraction of sp³-hybridized carbons (Fsp3) is 0.429. The van der Waals surface area contributed by atoms with Crippen LogP contribution in [0.2, 0.25) is 0 Å². The molecule has 1 aliphatic rings.